The maximum absolute atomic E-state index is 5.38. The van der Waals surface area contributed by atoms with Crippen LogP contribution in [-0.2, 0) is 6.54 Å². The first-order valence-electron chi connectivity index (χ1n) is 5.21. The zero-order valence-corrected chi connectivity index (χ0v) is 12.8. The van der Waals surface area contributed by atoms with E-state index in [9.17, 15) is 0 Å². The van der Waals surface area contributed by atoms with Crippen LogP contribution in [0.4, 0.5) is 5.69 Å². The van der Waals surface area contributed by atoms with E-state index in [1.165, 1.54) is 6.33 Å². The second-order valence-corrected chi connectivity index (χ2v) is 5.33. The molecule has 0 fully saturated rings. The summed E-state index contributed by atoms with van der Waals surface area (Å²) in [6.45, 7) is 0.634. The van der Waals surface area contributed by atoms with Gasteiger partial charge in [0.25, 0.3) is 0 Å². The second-order valence-electron chi connectivity index (χ2n) is 3.56. The minimum atomic E-state index is 0.634. The quantitative estimate of drug-likeness (QED) is 0.890. The van der Waals surface area contributed by atoms with Crippen molar-refractivity contribution in [2.24, 2.45) is 0 Å². The Morgan fingerprint density at radius 3 is 2.61 bits per heavy atom. The van der Waals surface area contributed by atoms with Gasteiger partial charge in [0, 0.05) is 16.6 Å². The molecule has 18 heavy (non-hydrogen) atoms. The van der Waals surface area contributed by atoms with Gasteiger partial charge in [0.05, 0.1) is 29.7 Å². The number of aromatic nitrogens is 2. The number of hydrogen-bond donors (Lipinski definition) is 1. The van der Waals surface area contributed by atoms with Gasteiger partial charge in [0.2, 0.25) is 0 Å². The van der Waals surface area contributed by atoms with Crippen LogP contribution in [0, 0.1) is 0 Å². The first kappa shape index (κ1) is 13.3. The molecule has 0 amide bonds. The van der Waals surface area contributed by atoms with E-state index in [0.29, 0.717) is 6.54 Å². The fourth-order valence-electron chi connectivity index (χ4n) is 1.56. The van der Waals surface area contributed by atoms with Crippen molar-refractivity contribution in [2.45, 2.75) is 6.54 Å². The van der Waals surface area contributed by atoms with Crippen LogP contribution in [0.25, 0.3) is 0 Å². The average Bonchev–Trinajstić information content (AvgIpc) is 2.37. The van der Waals surface area contributed by atoms with Crippen LogP contribution in [0.2, 0.25) is 0 Å². The van der Waals surface area contributed by atoms with E-state index < -0.39 is 0 Å². The maximum Gasteiger partial charge on any atom is 0.138 e. The predicted molar refractivity (Wildman–Crippen MR) is 77.8 cm³/mol. The number of halogens is 2. The van der Waals surface area contributed by atoms with Gasteiger partial charge in [-0.1, -0.05) is 15.9 Å². The van der Waals surface area contributed by atoms with Gasteiger partial charge in [-0.25, -0.2) is 9.97 Å². The van der Waals surface area contributed by atoms with Crippen molar-refractivity contribution in [1.29, 1.82) is 0 Å². The van der Waals surface area contributed by atoms with Gasteiger partial charge in [-0.3, -0.25) is 0 Å². The molecule has 6 heteroatoms. The van der Waals surface area contributed by atoms with E-state index in [1.54, 1.807) is 19.5 Å². The van der Waals surface area contributed by atoms with Crippen molar-refractivity contribution in [3.63, 3.8) is 0 Å². The third-order valence-corrected chi connectivity index (χ3v) is 3.38. The highest BCUT2D eigenvalue weighted by Gasteiger charge is 2.09. The van der Waals surface area contributed by atoms with Gasteiger partial charge in [0.1, 0.15) is 12.1 Å². The SMILES string of the molecule is COc1c(Br)cc(Br)cc1CNc1cncnc1. The van der Waals surface area contributed by atoms with Gasteiger partial charge in [-0.05, 0) is 28.1 Å². The Hall–Kier alpha value is -1.14. The number of nitrogens with one attached hydrogen (secondary N) is 1. The van der Waals surface area contributed by atoms with Crippen molar-refractivity contribution in [3.8, 4) is 5.75 Å². The molecule has 0 unspecified atom stereocenters. The lowest BCUT2D eigenvalue weighted by atomic mass is 10.2. The summed E-state index contributed by atoms with van der Waals surface area (Å²) < 4.78 is 7.29. The smallest absolute Gasteiger partial charge is 0.138 e. The molecule has 1 aromatic heterocycles. The molecule has 2 rings (SSSR count). The molecule has 0 atom stereocenters. The molecule has 0 saturated carbocycles. The highest BCUT2D eigenvalue weighted by atomic mass is 79.9. The van der Waals surface area contributed by atoms with Gasteiger partial charge in [0.15, 0.2) is 0 Å². The zero-order valence-electron chi connectivity index (χ0n) is 9.65. The third-order valence-electron chi connectivity index (χ3n) is 2.33. The van der Waals surface area contributed by atoms with E-state index in [-0.39, 0.29) is 0 Å². The largest absolute Gasteiger partial charge is 0.495 e. The Balaban J connectivity index is 2.18. The van der Waals surface area contributed by atoms with Gasteiger partial charge < -0.3 is 10.1 Å². The van der Waals surface area contributed by atoms with E-state index >= 15 is 0 Å². The molecule has 1 heterocycles. The fraction of sp³-hybridized carbons (Fsp3) is 0.167. The number of anilines is 1. The summed E-state index contributed by atoms with van der Waals surface area (Å²) in [5.41, 5.74) is 1.92. The Bertz CT molecular complexity index is 534. The van der Waals surface area contributed by atoms with Crippen LogP contribution in [0.1, 0.15) is 5.56 Å². The van der Waals surface area contributed by atoms with Crippen LogP contribution in [0.3, 0.4) is 0 Å². The predicted octanol–water partition coefficient (Wildman–Crippen LogP) is 3.62. The summed E-state index contributed by atoms with van der Waals surface area (Å²) in [5.74, 6) is 0.822. The molecule has 0 aliphatic heterocycles. The highest BCUT2D eigenvalue weighted by Crippen LogP contribution is 2.32. The third kappa shape index (κ3) is 3.20. The molecular formula is C12H11Br2N3O. The lowest BCUT2D eigenvalue weighted by Crippen LogP contribution is -2.03. The molecule has 0 saturated heterocycles. The van der Waals surface area contributed by atoms with Crippen molar-refractivity contribution < 1.29 is 4.74 Å². The highest BCUT2D eigenvalue weighted by molar-refractivity contribution is 9.11. The fourth-order valence-corrected chi connectivity index (χ4v) is 3.04. The van der Waals surface area contributed by atoms with Crippen LogP contribution in [0.5, 0.6) is 5.75 Å². The topological polar surface area (TPSA) is 47.0 Å². The van der Waals surface area contributed by atoms with E-state index in [4.69, 9.17) is 4.74 Å². The Morgan fingerprint density at radius 2 is 1.94 bits per heavy atom. The Kier molecular flexibility index (Phi) is 4.54. The average molecular weight is 373 g/mol. The zero-order chi connectivity index (χ0) is 13.0. The minimum Gasteiger partial charge on any atom is -0.495 e. The summed E-state index contributed by atoms with van der Waals surface area (Å²) in [6, 6.07) is 3.97. The second kappa shape index (κ2) is 6.15. The molecule has 0 aliphatic rings. The van der Waals surface area contributed by atoms with Gasteiger partial charge in [-0.2, -0.15) is 0 Å². The summed E-state index contributed by atoms with van der Waals surface area (Å²) in [7, 11) is 1.66. The van der Waals surface area contributed by atoms with Gasteiger partial charge in [-0.15, -0.1) is 0 Å². The molecule has 0 radical (unpaired) electrons. The van der Waals surface area contributed by atoms with Gasteiger partial charge >= 0.3 is 0 Å². The number of nitrogens with zero attached hydrogens (tertiary/aromatic N) is 2. The van der Waals surface area contributed by atoms with Crippen LogP contribution in [-0.4, -0.2) is 17.1 Å². The van der Waals surface area contributed by atoms with Crippen molar-refractivity contribution in [2.75, 3.05) is 12.4 Å². The number of hydrogen-bond acceptors (Lipinski definition) is 4. The molecule has 4 nitrogen and oxygen atoms in total. The summed E-state index contributed by atoms with van der Waals surface area (Å²) in [6.07, 6.45) is 4.96. The Morgan fingerprint density at radius 1 is 1.22 bits per heavy atom. The summed E-state index contributed by atoms with van der Waals surface area (Å²) in [5, 5.41) is 3.24. The molecule has 2 aromatic rings. The molecular weight excluding hydrogens is 362 g/mol. The standard InChI is InChI=1S/C12H11Br2N3O/c1-18-12-8(2-9(13)3-11(12)14)4-17-10-5-15-7-16-6-10/h2-3,5-7,17H,4H2,1H3. The molecule has 0 aliphatic carbocycles. The molecule has 94 valence electrons. The summed E-state index contributed by atoms with van der Waals surface area (Å²) in [4.78, 5) is 7.90. The lowest BCUT2D eigenvalue weighted by Gasteiger charge is -2.12. The maximum atomic E-state index is 5.38. The molecule has 0 spiro atoms. The first-order chi connectivity index (χ1) is 8.70. The molecule has 0 bridgehead atoms. The van der Waals surface area contributed by atoms with Crippen LogP contribution >= 0.6 is 31.9 Å². The lowest BCUT2D eigenvalue weighted by molar-refractivity contribution is 0.407. The van der Waals surface area contributed by atoms with E-state index in [2.05, 4.69) is 47.1 Å². The van der Waals surface area contributed by atoms with E-state index in [1.807, 2.05) is 12.1 Å². The van der Waals surface area contributed by atoms with Crippen LogP contribution < -0.4 is 10.1 Å². The number of benzene rings is 1. The summed E-state index contributed by atoms with van der Waals surface area (Å²) >= 11 is 6.94. The van der Waals surface area contributed by atoms with Crippen molar-refractivity contribution in [1.82, 2.24) is 9.97 Å². The minimum absolute atomic E-state index is 0.634. The molecule has 1 aromatic carbocycles. The normalized spacial score (nSPS) is 10.2. The number of ether oxygens (including phenoxy) is 1. The monoisotopic (exact) mass is 371 g/mol. The van der Waals surface area contributed by atoms with Crippen LogP contribution in [0.15, 0.2) is 39.8 Å². The number of rotatable bonds is 4. The first-order valence-corrected chi connectivity index (χ1v) is 6.80. The number of methoxy groups -OCH3 is 1. The van der Waals surface area contributed by atoms with Crippen molar-refractivity contribution >= 4 is 37.5 Å². The molecule has 1 N–H and O–H groups in total. The van der Waals surface area contributed by atoms with Crippen molar-refractivity contribution in [3.05, 3.63) is 45.4 Å². The Labute approximate surface area is 122 Å². The van der Waals surface area contributed by atoms with E-state index in [0.717, 1.165) is 25.9 Å².